The van der Waals surface area contributed by atoms with Gasteiger partial charge in [-0.15, -0.1) is 0 Å². The summed E-state index contributed by atoms with van der Waals surface area (Å²) in [5, 5.41) is 0.763. The third-order valence-electron chi connectivity index (χ3n) is 3.84. The molecule has 1 aromatic carbocycles. The molecule has 2 rings (SSSR count). The first kappa shape index (κ1) is 16.6. The molecule has 1 saturated heterocycles. The van der Waals surface area contributed by atoms with Gasteiger partial charge in [-0.25, -0.2) is 0 Å². The molecule has 21 heavy (non-hydrogen) atoms. The van der Waals surface area contributed by atoms with Crippen LogP contribution in [-0.2, 0) is 6.54 Å². The van der Waals surface area contributed by atoms with Crippen molar-refractivity contribution in [1.82, 2.24) is 9.80 Å². The van der Waals surface area contributed by atoms with Crippen LogP contribution in [0.5, 0.6) is 5.75 Å². The van der Waals surface area contributed by atoms with E-state index in [1.807, 2.05) is 32.3 Å². The molecule has 0 aliphatic carbocycles. The largest absolute Gasteiger partial charge is 0.492 e. The summed E-state index contributed by atoms with van der Waals surface area (Å²) in [5.41, 5.74) is 7.12. The summed E-state index contributed by atoms with van der Waals surface area (Å²) in [7, 11) is 4.09. The molecular weight excluding hydrogens is 286 g/mol. The maximum atomic E-state index is 6.14. The zero-order valence-corrected chi connectivity index (χ0v) is 13.8. The highest BCUT2D eigenvalue weighted by molar-refractivity contribution is 6.30. The summed E-state index contributed by atoms with van der Waals surface area (Å²) in [6.07, 6.45) is 2.13. The molecule has 5 heteroatoms. The Bertz CT molecular complexity index is 445. The first-order chi connectivity index (χ1) is 10.0. The van der Waals surface area contributed by atoms with Gasteiger partial charge in [0.15, 0.2) is 0 Å². The predicted octanol–water partition coefficient (Wildman–Crippen LogP) is 2.20. The summed E-state index contributed by atoms with van der Waals surface area (Å²) in [4.78, 5) is 4.54. The second-order valence-corrected chi connectivity index (χ2v) is 6.45. The monoisotopic (exact) mass is 311 g/mol. The van der Waals surface area contributed by atoms with Crippen LogP contribution in [0.3, 0.4) is 0 Å². The van der Waals surface area contributed by atoms with E-state index < -0.39 is 0 Å². The highest BCUT2D eigenvalue weighted by atomic mass is 35.5. The molecule has 4 nitrogen and oxygen atoms in total. The van der Waals surface area contributed by atoms with E-state index in [-0.39, 0.29) is 0 Å². The molecular formula is C16H26ClN3O. The lowest BCUT2D eigenvalue weighted by atomic mass is 10.1. The fraction of sp³-hybridized carbons (Fsp3) is 0.625. The number of nitrogens with two attached hydrogens (primary N) is 1. The van der Waals surface area contributed by atoms with Crippen molar-refractivity contribution in [2.75, 3.05) is 40.3 Å². The molecule has 0 amide bonds. The Morgan fingerprint density at radius 3 is 2.71 bits per heavy atom. The van der Waals surface area contributed by atoms with E-state index in [2.05, 4.69) is 9.80 Å². The van der Waals surface area contributed by atoms with Gasteiger partial charge in [0.2, 0.25) is 0 Å². The Morgan fingerprint density at radius 2 is 2.05 bits per heavy atom. The highest BCUT2D eigenvalue weighted by Crippen LogP contribution is 2.25. The first-order valence-corrected chi connectivity index (χ1v) is 7.96. The van der Waals surface area contributed by atoms with Gasteiger partial charge in [-0.2, -0.15) is 0 Å². The van der Waals surface area contributed by atoms with E-state index in [0.717, 1.165) is 55.4 Å². The zero-order valence-electron chi connectivity index (χ0n) is 13.0. The van der Waals surface area contributed by atoms with Crippen LogP contribution in [0.2, 0.25) is 5.02 Å². The molecule has 0 saturated carbocycles. The van der Waals surface area contributed by atoms with Crippen LogP contribution in [0.15, 0.2) is 18.2 Å². The predicted molar refractivity (Wildman–Crippen MR) is 88.0 cm³/mol. The van der Waals surface area contributed by atoms with Crippen LogP contribution in [0, 0.1) is 0 Å². The molecule has 0 radical (unpaired) electrons. The Morgan fingerprint density at radius 1 is 1.33 bits per heavy atom. The normalized spacial score (nSPS) is 17.4. The van der Waals surface area contributed by atoms with Crippen LogP contribution in [0.25, 0.3) is 0 Å². The number of rotatable bonds is 6. The van der Waals surface area contributed by atoms with Crippen molar-refractivity contribution in [3.8, 4) is 5.75 Å². The third kappa shape index (κ3) is 5.47. The molecule has 1 aliphatic heterocycles. The Labute approximate surface area is 132 Å². The van der Waals surface area contributed by atoms with Crippen molar-refractivity contribution in [2.24, 2.45) is 5.73 Å². The number of benzene rings is 1. The van der Waals surface area contributed by atoms with Crippen molar-refractivity contribution in [1.29, 1.82) is 0 Å². The quantitative estimate of drug-likeness (QED) is 0.874. The molecule has 0 spiro atoms. The summed E-state index contributed by atoms with van der Waals surface area (Å²) < 4.78 is 5.91. The lowest BCUT2D eigenvalue weighted by Crippen LogP contribution is -2.39. The molecule has 0 bridgehead atoms. The smallest absolute Gasteiger partial charge is 0.123 e. The lowest BCUT2D eigenvalue weighted by molar-refractivity contribution is 0.200. The maximum absolute atomic E-state index is 6.14. The van der Waals surface area contributed by atoms with Crippen molar-refractivity contribution in [3.63, 3.8) is 0 Å². The van der Waals surface area contributed by atoms with Crippen molar-refractivity contribution in [3.05, 3.63) is 28.8 Å². The Hall–Kier alpha value is -0.810. The second-order valence-electron chi connectivity index (χ2n) is 6.02. The van der Waals surface area contributed by atoms with Crippen LogP contribution in [0.4, 0.5) is 0 Å². The van der Waals surface area contributed by atoms with Gasteiger partial charge in [-0.05, 0) is 58.2 Å². The van der Waals surface area contributed by atoms with Crippen LogP contribution in [0.1, 0.15) is 18.4 Å². The number of nitrogens with zero attached hydrogens (tertiary/aromatic N) is 2. The van der Waals surface area contributed by atoms with Crippen molar-refractivity contribution >= 4 is 11.6 Å². The second kappa shape index (κ2) is 7.99. The van der Waals surface area contributed by atoms with E-state index in [9.17, 15) is 0 Å². The molecule has 1 aliphatic rings. The van der Waals surface area contributed by atoms with E-state index >= 15 is 0 Å². The van der Waals surface area contributed by atoms with Gasteiger partial charge < -0.3 is 15.4 Å². The summed E-state index contributed by atoms with van der Waals surface area (Å²) >= 11 is 6.14. The number of halogens is 1. The van der Waals surface area contributed by atoms with Gasteiger partial charge in [-0.1, -0.05) is 11.6 Å². The van der Waals surface area contributed by atoms with Gasteiger partial charge in [0, 0.05) is 29.7 Å². The van der Waals surface area contributed by atoms with Crippen molar-refractivity contribution < 1.29 is 4.74 Å². The third-order valence-corrected chi connectivity index (χ3v) is 4.08. The van der Waals surface area contributed by atoms with E-state index in [1.165, 1.54) is 0 Å². The SMILES string of the molecule is CN(C)CCOc1ccc(Cl)cc1CN1CCC(N)CC1. The highest BCUT2D eigenvalue weighted by Gasteiger charge is 2.17. The molecule has 1 heterocycles. The number of likely N-dealkylation sites (N-methyl/N-ethyl adjacent to an activating group) is 1. The van der Waals surface area contributed by atoms with Gasteiger partial charge in [0.05, 0.1) is 0 Å². The fourth-order valence-electron chi connectivity index (χ4n) is 2.50. The number of hydrogen-bond acceptors (Lipinski definition) is 4. The molecule has 0 aromatic heterocycles. The standard InChI is InChI=1S/C16H26ClN3O/c1-19(2)9-10-21-16-4-3-14(17)11-13(16)12-20-7-5-15(18)6-8-20/h3-4,11,15H,5-10,12,18H2,1-2H3. The minimum Gasteiger partial charge on any atom is -0.492 e. The molecule has 0 atom stereocenters. The lowest BCUT2D eigenvalue weighted by Gasteiger charge is -2.30. The van der Waals surface area contributed by atoms with E-state index in [0.29, 0.717) is 12.6 Å². The van der Waals surface area contributed by atoms with Crippen LogP contribution in [-0.4, -0.2) is 56.2 Å². The topological polar surface area (TPSA) is 41.7 Å². The summed E-state index contributed by atoms with van der Waals surface area (Å²) in [6.45, 7) is 4.56. The average molecular weight is 312 g/mol. The Kier molecular flexibility index (Phi) is 6.30. The van der Waals surface area contributed by atoms with Gasteiger partial charge >= 0.3 is 0 Å². The molecule has 118 valence electrons. The maximum Gasteiger partial charge on any atom is 0.123 e. The number of hydrogen-bond donors (Lipinski definition) is 1. The van der Waals surface area contributed by atoms with Gasteiger partial charge in [-0.3, -0.25) is 4.90 Å². The number of piperidine rings is 1. The van der Waals surface area contributed by atoms with E-state index in [4.69, 9.17) is 22.1 Å². The van der Waals surface area contributed by atoms with Gasteiger partial charge in [0.25, 0.3) is 0 Å². The molecule has 1 fully saturated rings. The molecule has 2 N–H and O–H groups in total. The first-order valence-electron chi connectivity index (χ1n) is 7.58. The van der Waals surface area contributed by atoms with Crippen LogP contribution >= 0.6 is 11.6 Å². The summed E-state index contributed by atoms with van der Waals surface area (Å²) in [5.74, 6) is 0.941. The van der Waals surface area contributed by atoms with Crippen LogP contribution < -0.4 is 10.5 Å². The zero-order chi connectivity index (χ0) is 15.2. The fourth-order valence-corrected chi connectivity index (χ4v) is 2.70. The van der Waals surface area contributed by atoms with E-state index in [1.54, 1.807) is 0 Å². The minimum atomic E-state index is 0.358. The number of likely N-dealkylation sites (tertiary alicyclic amines) is 1. The minimum absolute atomic E-state index is 0.358. The molecule has 0 unspecified atom stereocenters. The molecule has 1 aromatic rings. The Balaban J connectivity index is 1.97. The number of ether oxygens (including phenoxy) is 1. The van der Waals surface area contributed by atoms with Gasteiger partial charge in [0.1, 0.15) is 12.4 Å². The van der Waals surface area contributed by atoms with Crippen molar-refractivity contribution in [2.45, 2.75) is 25.4 Å². The summed E-state index contributed by atoms with van der Waals surface area (Å²) in [6, 6.07) is 6.24. The average Bonchev–Trinajstić information content (AvgIpc) is 2.43.